The number of hydrogen-bond acceptors (Lipinski definition) is 12. The molecule has 6 amide bonds. The molecule has 3 aliphatic heterocycles. The fourth-order valence-electron chi connectivity index (χ4n) is 7.49. The van der Waals surface area contributed by atoms with Crippen molar-refractivity contribution in [2.45, 2.75) is 37.9 Å². The fourth-order valence-corrected chi connectivity index (χ4v) is 7.49. The van der Waals surface area contributed by atoms with Gasteiger partial charge in [-0.3, -0.25) is 34.2 Å². The number of carboxylic acids is 1. The van der Waals surface area contributed by atoms with Gasteiger partial charge in [-0.2, -0.15) is 0 Å². The lowest BCUT2D eigenvalue weighted by Crippen LogP contribution is -2.54. The number of methoxy groups -OCH3 is 2. The van der Waals surface area contributed by atoms with Crippen LogP contribution in [0.2, 0.25) is 0 Å². The number of ether oxygens (including phenoxy) is 3. The highest BCUT2D eigenvalue weighted by Gasteiger charge is 2.45. The summed E-state index contributed by atoms with van der Waals surface area (Å²) in [5.41, 5.74) is 2.91. The second kappa shape index (κ2) is 16.8. The number of fused-ring (bicyclic) bond motifs is 2. The predicted octanol–water partition coefficient (Wildman–Crippen LogP) is 1.35. The Bertz CT molecular complexity index is 2200. The second-order valence-electron chi connectivity index (χ2n) is 14.1. The van der Waals surface area contributed by atoms with Crippen LogP contribution in [0.3, 0.4) is 0 Å². The average molecular weight is 788 g/mol. The minimum atomic E-state index is -1.55. The first-order chi connectivity index (χ1) is 27.2. The first-order valence-electron chi connectivity index (χ1n) is 18.3. The molecule has 0 aliphatic carbocycles. The van der Waals surface area contributed by atoms with Crippen LogP contribution in [0.4, 0.5) is 10.5 Å². The highest BCUT2D eigenvalue weighted by atomic mass is 16.5. The SMILES string of the molecule is COc1cc(-c2cn(C)c(=O)c3c2CCN(C(=O)NCCOCCNc2ccc4c(c2)C(=O)N(C2CCC(=O)NC2=O)C4=O)C3C(=O)O)c(OC)cc1CN(C)C. The van der Waals surface area contributed by atoms with Gasteiger partial charge in [-0.15, -0.1) is 0 Å². The molecule has 2 aromatic carbocycles. The monoisotopic (exact) mass is 787 g/mol. The molecule has 1 aromatic heterocycles. The molecule has 0 radical (unpaired) electrons. The average Bonchev–Trinajstić information content (AvgIpc) is 3.42. The molecular weight excluding hydrogens is 742 g/mol. The molecule has 302 valence electrons. The van der Waals surface area contributed by atoms with Crippen LogP contribution in [0.25, 0.3) is 11.1 Å². The predicted molar refractivity (Wildman–Crippen MR) is 204 cm³/mol. The number of nitrogens with zero attached hydrogens (tertiary/aromatic N) is 4. The summed E-state index contributed by atoms with van der Waals surface area (Å²) in [4.78, 5) is 93.7. The quantitative estimate of drug-likeness (QED) is 0.134. The van der Waals surface area contributed by atoms with E-state index >= 15 is 0 Å². The molecule has 2 atom stereocenters. The standard InChI is InChI=1S/C39H45N7O11/c1-43(2)19-21-16-30(56-5)25(18-29(21)55-4)27-20-44(3)37(51)32-23(27)10-13-45(33(32)38(52)53)39(54)41-12-15-57-14-11-40-22-6-7-24-26(17-22)36(50)46(35(24)49)28-8-9-31(47)42-34(28)48/h6-7,16-18,20,28,33,40H,8-15,19H2,1-5H3,(H,41,54)(H,52,53)(H,42,47,48). The van der Waals surface area contributed by atoms with E-state index in [9.17, 15) is 38.7 Å². The molecule has 18 nitrogen and oxygen atoms in total. The number of hydrogen-bond donors (Lipinski definition) is 4. The molecule has 6 rings (SSSR count). The van der Waals surface area contributed by atoms with Crippen LogP contribution in [0.15, 0.2) is 41.3 Å². The van der Waals surface area contributed by atoms with Crippen molar-refractivity contribution in [3.63, 3.8) is 0 Å². The zero-order valence-corrected chi connectivity index (χ0v) is 32.3. The van der Waals surface area contributed by atoms with Gasteiger partial charge in [0.1, 0.15) is 17.5 Å². The van der Waals surface area contributed by atoms with Gasteiger partial charge in [0.25, 0.3) is 17.4 Å². The molecule has 57 heavy (non-hydrogen) atoms. The van der Waals surface area contributed by atoms with Crippen LogP contribution >= 0.6 is 0 Å². The Balaban J connectivity index is 1.06. The number of aromatic nitrogens is 1. The molecule has 4 heterocycles. The molecule has 4 N–H and O–H groups in total. The van der Waals surface area contributed by atoms with Gasteiger partial charge in [0.05, 0.1) is 44.1 Å². The fraction of sp³-hybridized carbons (Fsp3) is 0.410. The zero-order valence-electron chi connectivity index (χ0n) is 32.3. The normalized spacial score (nSPS) is 17.6. The van der Waals surface area contributed by atoms with Gasteiger partial charge < -0.3 is 44.3 Å². The molecule has 3 aliphatic rings. The van der Waals surface area contributed by atoms with E-state index < -0.39 is 53.3 Å². The number of piperidine rings is 1. The number of anilines is 1. The molecule has 1 fully saturated rings. The Kier molecular flexibility index (Phi) is 11.9. The summed E-state index contributed by atoms with van der Waals surface area (Å²) in [6.45, 7) is 1.24. The van der Waals surface area contributed by atoms with Crippen LogP contribution in [-0.4, -0.2) is 127 Å². The van der Waals surface area contributed by atoms with Crippen molar-refractivity contribution >= 4 is 41.3 Å². The van der Waals surface area contributed by atoms with Crippen molar-refractivity contribution in [2.24, 2.45) is 7.05 Å². The van der Waals surface area contributed by atoms with Crippen molar-refractivity contribution in [3.8, 4) is 22.6 Å². The third-order valence-electron chi connectivity index (χ3n) is 10.1. The Morgan fingerprint density at radius 2 is 1.63 bits per heavy atom. The van der Waals surface area contributed by atoms with E-state index in [2.05, 4.69) is 16.0 Å². The highest BCUT2D eigenvalue weighted by Crippen LogP contribution is 2.41. The van der Waals surface area contributed by atoms with E-state index in [-0.39, 0.29) is 62.3 Å². The van der Waals surface area contributed by atoms with Gasteiger partial charge in [-0.05, 0) is 62.8 Å². The van der Waals surface area contributed by atoms with E-state index in [1.54, 1.807) is 19.4 Å². The zero-order chi connectivity index (χ0) is 41.1. The third kappa shape index (κ3) is 8.04. The maximum atomic E-state index is 13.6. The van der Waals surface area contributed by atoms with Gasteiger partial charge in [0, 0.05) is 68.2 Å². The van der Waals surface area contributed by atoms with Crippen molar-refractivity contribution in [3.05, 3.63) is 74.7 Å². The van der Waals surface area contributed by atoms with E-state index in [4.69, 9.17) is 14.2 Å². The maximum Gasteiger partial charge on any atom is 0.331 e. The van der Waals surface area contributed by atoms with Crippen LogP contribution < -0.4 is 31.0 Å². The number of aliphatic carboxylic acids is 1. The van der Waals surface area contributed by atoms with Gasteiger partial charge in [-0.1, -0.05) is 0 Å². The minimum Gasteiger partial charge on any atom is -0.496 e. The number of nitrogens with one attached hydrogen (secondary N) is 3. The summed E-state index contributed by atoms with van der Waals surface area (Å²) < 4.78 is 18.4. The number of rotatable bonds is 14. The lowest BCUT2D eigenvalue weighted by molar-refractivity contribution is -0.143. The van der Waals surface area contributed by atoms with Crippen LogP contribution in [0.5, 0.6) is 11.5 Å². The smallest absolute Gasteiger partial charge is 0.331 e. The van der Waals surface area contributed by atoms with E-state index in [0.717, 1.165) is 15.4 Å². The van der Waals surface area contributed by atoms with Gasteiger partial charge >= 0.3 is 12.0 Å². The number of carboxylic acid groups (broad SMARTS) is 1. The van der Waals surface area contributed by atoms with E-state index in [1.807, 2.05) is 31.1 Å². The molecular formula is C39H45N7O11. The van der Waals surface area contributed by atoms with Crippen LogP contribution in [-0.2, 0) is 39.1 Å². The van der Waals surface area contributed by atoms with Crippen LogP contribution in [0, 0.1) is 0 Å². The number of pyridine rings is 1. The van der Waals surface area contributed by atoms with Gasteiger partial charge in [0.15, 0.2) is 6.04 Å². The third-order valence-corrected chi connectivity index (χ3v) is 10.1. The van der Waals surface area contributed by atoms with Gasteiger partial charge in [-0.25, -0.2) is 9.59 Å². The summed E-state index contributed by atoms with van der Waals surface area (Å²) >= 11 is 0. The number of carbonyl (C=O) groups excluding carboxylic acids is 5. The molecule has 0 spiro atoms. The lowest BCUT2D eigenvalue weighted by atomic mass is 9.87. The van der Waals surface area contributed by atoms with Crippen molar-refractivity contribution in [1.82, 2.24) is 29.9 Å². The summed E-state index contributed by atoms with van der Waals surface area (Å²) in [6.07, 6.45) is 1.94. The van der Waals surface area contributed by atoms with Crippen molar-refractivity contribution in [2.75, 3.05) is 66.5 Å². The summed E-state index contributed by atoms with van der Waals surface area (Å²) in [6, 6.07) is 5.04. The first-order valence-corrected chi connectivity index (χ1v) is 18.3. The topological polar surface area (TPSA) is 218 Å². The first kappa shape index (κ1) is 40.4. The molecule has 0 saturated carbocycles. The second-order valence-corrected chi connectivity index (χ2v) is 14.1. The summed E-state index contributed by atoms with van der Waals surface area (Å²) in [5, 5.41) is 18.4. The van der Waals surface area contributed by atoms with Gasteiger partial charge in [0.2, 0.25) is 11.8 Å². The number of imide groups is 2. The molecule has 2 unspecified atom stereocenters. The molecule has 3 aromatic rings. The number of carbonyl (C=O) groups is 6. The maximum absolute atomic E-state index is 13.6. The van der Waals surface area contributed by atoms with Crippen LogP contribution in [0.1, 0.15) is 56.3 Å². The van der Waals surface area contributed by atoms with E-state index in [0.29, 0.717) is 47.0 Å². The minimum absolute atomic E-state index is 0.00841. The Morgan fingerprint density at radius 1 is 0.912 bits per heavy atom. The molecule has 18 heteroatoms. The molecule has 1 saturated heterocycles. The lowest BCUT2D eigenvalue weighted by Gasteiger charge is -2.35. The van der Waals surface area contributed by atoms with E-state index in [1.165, 1.54) is 30.9 Å². The largest absolute Gasteiger partial charge is 0.496 e. The van der Waals surface area contributed by atoms with Crippen molar-refractivity contribution in [1.29, 1.82) is 0 Å². The highest BCUT2D eigenvalue weighted by molar-refractivity contribution is 6.23. The Hall–Kier alpha value is -6.27. The number of benzene rings is 2. The molecule has 0 bridgehead atoms. The van der Waals surface area contributed by atoms with Crippen molar-refractivity contribution < 1.29 is 48.1 Å². The number of aryl methyl sites for hydroxylation is 1. The summed E-state index contributed by atoms with van der Waals surface area (Å²) in [7, 11) is 8.49. The summed E-state index contributed by atoms with van der Waals surface area (Å²) in [5.74, 6) is -2.58. The Labute approximate surface area is 327 Å². The Morgan fingerprint density at radius 3 is 2.32 bits per heavy atom. The number of amides is 6. The number of urea groups is 1.